The van der Waals surface area contributed by atoms with E-state index in [0.29, 0.717) is 12.5 Å². The van der Waals surface area contributed by atoms with Crippen molar-refractivity contribution < 1.29 is 9.84 Å². The highest BCUT2D eigenvalue weighted by Crippen LogP contribution is 2.36. The molecule has 26 heavy (non-hydrogen) atoms. The molecule has 1 aromatic carbocycles. The Bertz CT molecular complexity index is 572. The lowest BCUT2D eigenvalue weighted by Gasteiger charge is -2.43. The minimum absolute atomic E-state index is 0.0729. The number of hydrogen-bond donors (Lipinski definition) is 3. The second kappa shape index (κ2) is 9.03. The zero-order valence-electron chi connectivity index (χ0n) is 16.6. The number of para-hydroxylation sites is 1. The minimum atomic E-state index is -0.535. The van der Waals surface area contributed by atoms with Gasteiger partial charge in [-0.2, -0.15) is 0 Å². The molecule has 146 valence electrons. The van der Waals surface area contributed by atoms with Gasteiger partial charge in [0.25, 0.3) is 0 Å². The predicted molar refractivity (Wildman–Crippen MR) is 108 cm³/mol. The Morgan fingerprint density at radius 3 is 2.65 bits per heavy atom. The maximum atomic E-state index is 10.3. The lowest BCUT2D eigenvalue weighted by Crippen LogP contribution is -2.52. The molecule has 1 fully saturated rings. The summed E-state index contributed by atoms with van der Waals surface area (Å²) in [6.45, 7) is 11.1. The summed E-state index contributed by atoms with van der Waals surface area (Å²) in [6.07, 6.45) is 6.54. The van der Waals surface area contributed by atoms with Gasteiger partial charge in [-0.3, -0.25) is 0 Å². The van der Waals surface area contributed by atoms with Crippen LogP contribution >= 0.6 is 0 Å². The number of aliphatic hydroxyl groups is 1. The molecular formula is C22H36N2O2. The molecule has 0 heterocycles. The Morgan fingerprint density at radius 1 is 1.38 bits per heavy atom. The van der Waals surface area contributed by atoms with Gasteiger partial charge in [0.15, 0.2) is 0 Å². The van der Waals surface area contributed by atoms with Crippen LogP contribution in [0, 0.1) is 5.92 Å². The van der Waals surface area contributed by atoms with Crippen molar-refractivity contribution in [1.29, 1.82) is 0 Å². The van der Waals surface area contributed by atoms with Crippen molar-refractivity contribution in [3.8, 4) is 5.75 Å². The first-order valence-electron chi connectivity index (χ1n) is 9.77. The zero-order chi connectivity index (χ0) is 19.2. The van der Waals surface area contributed by atoms with E-state index in [4.69, 9.17) is 10.5 Å². The van der Waals surface area contributed by atoms with Crippen LogP contribution in [0.4, 0.5) is 0 Å². The molecule has 4 heteroatoms. The maximum absolute atomic E-state index is 10.3. The molecule has 1 unspecified atom stereocenters. The normalized spacial score (nSPS) is 24.9. The number of rotatable bonds is 9. The lowest BCUT2D eigenvalue weighted by atomic mass is 9.71. The number of nitrogens with two attached hydrogens (primary N) is 1. The molecule has 0 amide bonds. The van der Waals surface area contributed by atoms with Crippen molar-refractivity contribution in [3.05, 3.63) is 42.5 Å². The Hall–Kier alpha value is -1.36. The highest BCUT2D eigenvalue weighted by molar-refractivity contribution is 5.34. The zero-order valence-corrected chi connectivity index (χ0v) is 16.6. The number of ether oxygens (including phenoxy) is 1. The van der Waals surface area contributed by atoms with Crippen LogP contribution in [0.15, 0.2) is 36.9 Å². The van der Waals surface area contributed by atoms with Gasteiger partial charge in [0.2, 0.25) is 0 Å². The van der Waals surface area contributed by atoms with Crippen molar-refractivity contribution in [2.24, 2.45) is 11.7 Å². The number of β-amino-alcohol motifs (C(OH)–C–C–N with tert-alkyl or cyclic N) is 1. The highest BCUT2D eigenvalue weighted by atomic mass is 16.5. The largest absolute Gasteiger partial charge is 0.491 e. The first-order valence-corrected chi connectivity index (χ1v) is 9.77. The summed E-state index contributed by atoms with van der Waals surface area (Å²) >= 11 is 0. The van der Waals surface area contributed by atoms with E-state index in [1.807, 2.05) is 30.3 Å². The van der Waals surface area contributed by atoms with Crippen LogP contribution < -0.4 is 15.8 Å². The molecule has 1 aliphatic rings. The van der Waals surface area contributed by atoms with E-state index in [-0.39, 0.29) is 17.7 Å². The molecule has 1 saturated carbocycles. The Morgan fingerprint density at radius 2 is 2.04 bits per heavy atom. The van der Waals surface area contributed by atoms with Gasteiger partial charge in [-0.15, -0.1) is 6.58 Å². The third kappa shape index (κ3) is 6.11. The van der Waals surface area contributed by atoms with Crippen molar-refractivity contribution >= 4 is 0 Å². The van der Waals surface area contributed by atoms with E-state index >= 15 is 0 Å². The van der Waals surface area contributed by atoms with Crippen LogP contribution in [-0.2, 0) is 6.42 Å². The maximum Gasteiger partial charge on any atom is 0.122 e. The topological polar surface area (TPSA) is 67.5 Å². The smallest absolute Gasteiger partial charge is 0.122 e. The average molecular weight is 361 g/mol. The number of hydrogen-bond acceptors (Lipinski definition) is 4. The highest BCUT2D eigenvalue weighted by Gasteiger charge is 2.35. The summed E-state index contributed by atoms with van der Waals surface area (Å²) in [5.41, 5.74) is 7.33. The molecular weight excluding hydrogens is 324 g/mol. The quantitative estimate of drug-likeness (QED) is 0.590. The van der Waals surface area contributed by atoms with Gasteiger partial charge in [0.05, 0.1) is 0 Å². The molecule has 0 spiro atoms. The molecule has 1 aliphatic carbocycles. The number of allylic oxidation sites excluding steroid dienone is 1. The molecule has 1 atom stereocenters. The monoisotopic (exact) mass is 360 g/mol. The fourth-order valence-electron chi connectivity index (χ4n) is 3.75. The van der Waals surface area contributed by atoms with Gasteiger partial charge in [-0.05, 0) is 70.4 Å². The second-order valence-corrected chi connectivity index (χ2v) is 8.60. The van der Waals surface area contributed by atoms with E-state index in [1.165, 1.54) is 0 Å². The number of benzene rings is 1. The van der Waals surface area contributed by atoms with Gasteiger partial charge in [0.1, 0.15) is 18.5 Å². The standard InChI is InChI=1S/C22H36N2O2/c1-5-8-17-9-6-7-10-20(17)26-16-19(25)15-24-22(4)13-11-18(12-14-22)21(2,3)23/h5-7,9-10,18-19,24-25H,1,8,11-16,23H2,2-4H3. The van der Waals surface area contributed by atoms with Gasteiger partial charge in [-0.1, -0.05) is 24.3 Å². The van der Waals surface area contributed by atoms with Crippen molar-refractivity contribution in [2.45, 2.75) is 70.1 Å². The van der Waals surface area contributed by atoms with Crippen LogP contribution in [0.3, 0.4) is 0 Å². The summed E-state index contributed by atoms with van der Waals surface area (Å²) in [4.78, 5) is 0. The molecule has 0 saturated heterocycles. The second-order valence-electron chi connectivity index (χ2n) is 8.60. The van der Waals surface area contributed by atoms with Gasteiger partial charge in [-0.25, -0.2) is 0 Å². The van der Waals surface area contributed by atoms with Crippen molar-refractivity contribution in [1.82, 2.24) is 5.32 Å². The third-order valence-corrected chi connectivity index (χ3v) is 5.67. The SMILES string of the molecule is C=CCc1ccccc1OCC(O)CNC1(C)CCC(C(C)(C)N)CC1. The van der Waals surface area contributed by atoms with Gasteiger partial charge >= 0.3 is 0 Å². The molecule has 0 aromatic heterocycles. The molecule has 0 aliphatic heterocycles. The summed E-state index contributed by atoms with van der Waals surface area (Å²) in [5, 5.41) is 13.9. The van der Waals surface area contributed by atoms with Crippen LogP contribution in [0.2, 0.25) is 0 Å². The Balaban J connectivity index is 1.77. The van der Waals surface area contributed by atoms with Crippen LogP contribution in [0.5, 0.6) is 5.75 Å². The minimum Gasteiger partial charge on any atom is -0.491 e. The number of nitrogens with one attached hydrogen (secondary N) is 1. The van der Waals surface area contributed by atoms with Gasteiger partial charge in [0, 0.05) is 17.6 Å². The van der Waals surface area contributed by atoms with E-state index in [1.54, 1.807) is 0 Å². The number of aliphatic hydroxyl groups excluding tert-OH is 1. The molecule has 1 aromatic rings. The first-order chi connectivity index (χ1) is 12.2. The Kier molecular flexibility index (Phi) is 7.27. The third-order valence-electron chi connectivity index (χ3n) is 5.67. The molecule has 0 radical (unpaired) electrons. The summed E-state index contributed by atoms with van der Waals surface area (Å²) < 4.78 is 5.83. The van der Waals surface area contributed by atoms with Crippen molar-refractivity contribution in [2.75, 3.05) is 13.2 Å². The fourth-order valence-corrected chi connectivity index (χ4v) is 3.75. The van der Waals surface area contributed by atoms with E-state index in [2.05, 4.69) is 32.7 Å². The van der Waals surface area contributed by atoms with E-state index in [9.17, 15) is 5.11 Å². The van der Waals surface area contributed by atoms with Crippen LogP contribution in [0.1, 0.15) is 52.0 Å². The Labute approximate surface area is 158 Å². The molecule has 4 N–H and O–H groups in total. The lowest BCUT2D eigenvalue weighted by molar-refractivity contribution is 0.0855. The predicted octanol–water partition coefficient (Wildman–Crippen LogP) is 3.43. The summed E-state index contributed by atoms with van der Waals surface area (Å²) in [6, 6.07) is 7.91. The van der Waals surface area contributed by atoms with E-state index < -0.39 is 6.10 Å². The van der Waals surface area contributed by atoms with Crippen molar-refractivity contribution in [3.63, 3.8) is 0 Å². The van der Waals surface area contributed by atoms with Gasteiger partial charge < -0.3 is 20.9 Å². The summed E-state index contributed by atoms with van der Waals surface area (Å²) in [7, 11) is 0. The fraction of sp³-hybridized carbons (Fsp3) is 0.636. The van der Waals surface area contributed by atoms with E-state index in [0.717, 1.165) is 43.4 Å². The summed E-state index contributed by atoms with van der Waals surface area (Å²) in [5.74, 6) is 1.40. The molecule has 0 bridgehead atoms. The molecule has 4 nitrogen and oxygen atoms in total. The molecule has 2 rings (SSSR count). The first kappa shape index (κ1) is 20.9. The van der Waals surface area contributed by atoms with Crippen LogP contribution in [-0.4, -0.2) is 35.4 Å². The van der Waals surface area contributed by atoms with Crippen LogP contribution in [0.25, 0.3) is 0 Å². The average Bonchev–Trinajstić information content (AvgIpc) is 2.59.